The zero-order valence-corrected chi connectivity index (χ0v) is 16.8. The molecule has 0 saturated heterocycles. The maximum atomic E-state index is 6.52. The Bertz CT molecular complexity index is 219. The maximum Gasteiger partial charge on any atom is 0.292 e. The molecule has 16 heavy (non-hydrogen) atoms. The fraction of sp³-hybridized carbons (Fsp3) is 1.00. The van der Waals surface area contributed by atoms with E-state index in [4.69, 9.17) is 8.23 Å². The number of hydrogen-bond acceptors (Lipinski definition) is 2. The fourth-order valence-corrected chi connectivity index (χ4v) is 24.9. The molecule has 0 aliphatic carbocycles. The van der Waals surface area contributed by atoms with Crippen LogP contribution in [-0.4, -0.2) is 32.3 Å². The van der Waals surface area contributed by atoms with Crippen LogP contribution in [0, 0.1) is 0 Å². The van der Waals surface area contributed by atoms with Crippen LogP contribution in [0.2, 0.25) is 65.5 Å². The van der Waals surface area contributed by atoms with Crippen LogP contribution < -0.4 is 0 Å². The van der Waals surface area contributed by atoms with Crippen molar-refractivity contribution in [1.82, 2.24) is 0 Å². The molecule has 98 valence electrons. The Morgan fingerprint density at radius 1 is 0.500 bits per heavy atom. The molecule has 0 unspecified atom stereocenters. The molecular weight excluding hydrogens is 264 g/mol. The summed E-state index contributed by atoms with van der Waals surface area (Å²) in [7, 11) is -6.34. The van der Waals surface area contributed by atoms with Crippen LogP contribution in [0.25, 0.3) is 0 Å². The SMILES string of the molecule is C[Si](C)(C)O[Si](C)(O[Si](C)(C)C)[Si](C)(C)C. The lowest BCUT2D eigenvalue weighted by Gasteiger charge is -2.45. The van der Waals surface area contributed by atoms with E-state index in [9.17, 15) is 0 Å². The van der Waals surface area contributed by atoms with Gasteiger partial charge in [0, 0.05) is 0 Å². The van der Waals surface area contributed by atoms with E-state index < -0.39 is 32.3 Å². The van der Waals surface area contributed by atoms with Crippen LogP contribution in [0.4, 0.5) is 0 Å². The molecule has 0 atom stereocenters. The molecule has 2 nitrogen and oxygen atoms in total. The largest absolute Gasteiger partial charge is 0.439 e. The van der Waals surface area contributed by atoms with Gasteiger partial charge in [0.15, 0.2) is 16.6 Å². The van der Waals surface area contributed by atoms with Crippen molar-refractivity contribution in [1.29, 1.82) is 0 Å². The van der Waals surface area contributed by atoms with E-state index in [1.54, 1.807) is 0 Å². The molecule has 0 amide bonds. The van der Waals surface area contributed by atoms with Crippen molar-refractivity contribution >= 4 is 32.3 Å². The number of rotatable bonds is 5. The van der Waals surface area contributed by atoms with E-state index >= 15 is 0 Å². The lowest BCUT2D eigenvalue weighted by atomic mass is 11.8. The first-order chi connectivity index (χ1) is 6.66. The zero-order valence-electron chi connectivity index (χ0n) is 12.8. The quantitative estimate of drug-likeness (QED) is 0.708. The molecule has 6 heteroatoms. The Balaban J connectivity index is 5.07. The number of hydrogen-bond donors (Lipinski definition) is 0. The second kappa shape index (κ2) is 4.81. The first-order valence-corrected chi connectivity index (χ1v) is 19.7. The second-order valence-electron chi connectivity index (χ2n) is 7.62. The molecule has 0 fully saturated rings. The monoisotopic (exact) mass is 294 g/mol. The van der Waals surface area contributed by atoms with E-state index in [1.165, 1.54) is 0 Å². The van der Waals surface area contributed by atoms with Gasteiger partial charge >= 0.3 is 0 Å². The molecule has 0 aliphatic heterocycles. The van der Waals surface area contributed by atoms with E-state index in [0.717, 1.165) is 0 Å². The summed E-state index contributed by atoms with van der Waals surface area (Å²) in [5.41, 5.74) is 0. The summed E-state index contributed by atoms with van der Waals surface area (Å²) in [6.07, 6.45) is 0. The first-order valence-electron chi connectivity index (χ1n) is 6.07. The van der Waals surface area contributed by atoms with Gasteiger partial charge in [0.05, 0.1) is 0 Å². The summed E-state index contributed by atoms with van der Waals surface area (Å²) in [5.74, 6) is 0. The molecule has 0 bridgehead atoms. The molecule has 0 rings (SSSR count). The third kappa shape index (κ3) is 5.92. The summed E-state index contributed by atoms with van der Waals surface area (Å²) in [6, 6.07) is 0. The van der Waals surface area contributed by atoms with Crippen LogP contribution >= 0.6 is 0 Å². The van der Waals surface area contributed by atoms with Crippen molar-refractivity contribution in [2.45, 2.75) is 65.5 Å². The first kappa shape index (κ1) is 16.8. The molecule has 0 heterocycles. The minimum absolute atomic E-state index is 1.37. The highest BCUT2D eigenvalue weighted by Crippen LogP contribution is 2.28. The Morgan fingerprint density at radius 3 is 0.875 bits per heavy atom. The van der Waals surface area contributed by atoms with Gasteiger partial charge in [-0.3, -0.25) is 0 Å². The van der Waals surface area contributed by atoms with Crippen LogP contribution in [-0.2, 0) is 8.23 Å². The molecule has 0 aliphatic rings. The predicted molar refractivity (Wildman–Crippen MR) is 83.8 cm³/mol. The lowest BCUT2D eigenvalue weighted by Crippen LogP contribution is -2.66. The van der Waals surface area contributed by atoms with Crippen LogP contribution in [0.1, 0.15) is 0 Å². The van der Waals surface area contributed by atoms with Crippen LogP contribution in [0.5, 0.6) is 0 Å². The van der Waals surface area contributed by atoms with E-state index in [2.05, 4.69) is 65.5 Å². The molecule has 0 aromatic heterocycles. The topological polar surface area (TPSA) is 18.5 Å². The minimum Gasteiger partial charge on any atom is -0.439 e. The summed E-state index contributed by atoms with van der Waals surface area (Å²) < 4.78 is 13.0. The Labute approximate surface area is 106 Å². The molecular formula is C10H30O2Si4. The standard InChI is InChI=1S/C10H30O2Si4/c1-13(2,3)11-16(10,15(7,8)9)12-14(4,5)6/h1-10H3. The van der Waals surface area contributed by atoms with Gasteiger partial charge in [-0.1, -0.05) is 19.6 Å². The van der Waals surface area contributed by atoms with Crippen molar-refractivity contribution in [2.24, 2.45) is 0 Å². The van der Waals surface area contributed by atoms with Crippen molar-refractivity contribution in [3.05, 3.63) is 0 Å². The van der Waals surface area contributed by atoms with E-state index in [-0.39, 0.29) is 0 Å². The second-order valence-corrected chi connectivity index (χ2v) is 31.3. The van der Waals surface area contributed by atoms with Gasteiger partial charge < -0.3 is 8.23 Å². The van der Waals surface area contributed by atoms with Gasteiger partial charge in [0.25, 0.3) is 8.08 Å². The average Bonchev–Trinajstić information content (AvgIpc) is 1.72. The smallest absolute Gasteiger partial charge is 0.292 e. The van der Waals surface area contributed by atoms with E-state index in [0.29, 0.717) is 0 Å². The predicted octanol–water partition coefficient (Wildman–Crippen LogP) is 4.18. The highest BCUT2D eigenvalue weighted by atomic mass is 29.3. The third-order valence-corrected chi connectivity index (χ3v) is 23.1. The highest BCUT2D eigenvalue weighted by Gasteiger charge is 2.50. The van der Waals surface area contributed by atoms with Crippen molar-refractivity contribution in [3.8, 4) is 0 Å². The molecule has 0 aromatic carbocycles. The Kier molecular flexibility index (Phi) is 5.05. The molecule has 0 radical (unpaired) electrons. The van der Waals surface area contributed by atoms with Crippen molar-refractivity contribution in [2.75, 3.05) is 0 Å². The zero-order chi connectivity index (χ0) is 13.4. The maximum absolute atomic E-state index is 6.52. The van der Waals surface area contributed by atoms with Gasteiger partial charge in [0.1, 0.15) is 7.59 Å². The minimum atomic E-state index is -1.96. The third-order valence-electron chi connectivity index (χ3n) is 2.36. The highest BCUT2D eigenvalue weighted by molar-refractivity contribution is 7.38. The average molecular weight is 295 g/mol. The van der Waals surface area contributed by atoms with Gasteiger partial charge in [-0.25, -0.2) is 0 Å². The Hall–Kier alpha value is 0.788. The molecule has 0 aromatic rings. The van der Waals surface area contributed by atoms with E-state index in [1.807, 2.05) is 0 Å². The summed E-state index contributed by atoms with van der Waals surface area (Å²) >= 11 is 0. The van der Waals surface area contributed by atoms with Gasteiger partial charge in [-0.15, -0.1) is 0 Å². The lowest BCUT2D eigenvalue weighted by molar-refractivity contribution is 0.410. The molecule has 0 saturated carbocycles. The van der Waals surface area contributed by atoms with Crippen LogP contribution in [0.3, 0.4) is 0 Å². The van der Waals surface area contributed by atoms with Gasteiger partial charge in [-0.05, 0) is 45.8 Å². The Morgan fingerprint density at radius 2 is 0.750 bits per heavy atom. The molecule has 0 N–H and O–H groups in total. The summed E-state index contributed by atoms with van der Waals surface area (Å²) in [4.78, 5) is 0. The molecule has 0 spiro atoms. The van der Waals surface area contributed by atoms with Crippen LogP contribution in [0.15, 0.2) is 0 Å². The normalized spacial score (nSPS) is 15.4. The van der Waals surface area contributed by atoms with Crippen molar-refractivity contribution in [3.63, 3.8) is 0 Å². The van der Waals surface area contributed by atoms with Gasteiger partial charge in [-0.2, -0.15) is 0 Å². The summed E-state index contributed by atoms with van der Waals surface area (Å²) in [6.45, 7) is 23.1. The van der Waals surface area contributed by atoms with Gasteiger partial charge in [0.2, 0.25) is 0 Å². The summed E-state index contributed by atoms with van der Waals surface area (Å²) in [5, 5.41) is 0. The fourth-order valence-electron chi connectivity index (χ4n) is 1.50. The van der Waals surface area contributed by atoms with Crippen molar-refractivity contribution < 1.29 is 8.23 Å².